The first-order valence-corrected chi connectivity index (χ1v) is 8.41. The topological polar surface area (TPSA) is 0 Å². The molecule has 1 heteroatoms. The molecule has 0 bridgehead atoms. The Bertz CT molecular complexity index is 120. The molecule has 0 aromatic rings. The maximum Gasteiger partial charge on any atom is -0.00125 e. The molecule has 0 atom stereocenters. The van der Waals surface area contributed by atoms with E-state index in [2.05, 4.69) is 34.0 Å². The fraction of sp³-hybridized carbons (Fsp3) is 1.00. The third-order valence-electron chi connectivity index (χ3n) is 3.42. The maximum atomic E-state index is 2.34. The zero-order valence-corrected chi connectivity index (χ0v) is 13.5. The lowest BCUT2D eigenvalue weighted by Crippen LogP contribution is -2.27. The molecule has 16 heavy (non-hydrogen) atoms. The van der Waals surface area contributed by atoms with E-state index in [1.54, 1.807) is 0 Å². The lowest BCUT2D eigenvalue weighted by atomic mass is 9.65. The molecule has 0 nitrogen and oxygen atoms in total. The van der Waals surface area contributed by atoms with Crippen LogP contribution in [0.15, 0.2) is 0 Å². The highest BCUT2D eigenvalue weighted by atomic mass is 32.2. The van der Waals surface area contributed by atoms with Gasteiger partial charge in [0.2, 0.25) is 0 Å². The fourth-order valence-electron chi connectivity index (χ4n) is 1.99. The first-order valence-electron chi connectivity index (χ1n) is 7.13. The minimum absolute atomic E-state index is 0.801. The molecule has 0 N–H and O–H groups in total. The van der Waals surface area contributed by atoms with Crippen molar-refractivity contribution >= 4 is 11.8 Å². The molecular formula is C15H34S. The van der Waals surface area contributed by atoms with Crippen molar-refractivity contribution in [2.24, 2.45) is 5.41 Å². The van der Waals surface area contributed by atoms with Crippen LogP contribution in [-0.4, -0.2) is 11.5 Å². The first-order chi connectivity index (χ1) is 7.60. The lowest BCUT2D eigenvalue weighted by Gasteiger charge is -2.41. The van der Waals surface area contributed by atoms with Gasteiger partial charge in [-0.15, -0.1) is 0 Å². The fourth-order valence-corrected chi connectivity index (χ4v) is 1.99. The average molecular weight is 247 g/mol. The zero-order chi connectivity index (χ0) is 13.0. The molecule has 1 aliphatic rings. The summed E-state index contributed by atoms with van der Waals surface area (Å²) in [6.07, 6.45) is 10.9. The van der Waals surface area contributed by atoms with Gasteiger partial charge in [0.05, 0.1) is 0 Å². The van der Waals surface area contributed by atoms with Crippen LogP contribution < -0.4 is 0 Å². The predicted octanol–water partition coefficient (Wildman–Crippen LogP) is 6.15. The van der Waals surface area contributed by atoms with Crippen LogP contribution in [0.5, 0.6) is 0 Å². The molecule has 100 valence electrons. The molecule has 0 unspecified atom stereocenters. The highest BCUT2D eigenvalue weighted by molar-refractivity contribution is 7.99. The van der Waals surface area contributed by atoms with Gasteiger partial charge < -0.3 is 0 Å². The summed E-state index contributed by atoms with van der Waals surface area (Å²) in [5.41, 5.74) is 0.814. The normalized spacial score (nSPS) is 16.5. The number of hydrogen-bond donors (Lipinski definition) is 0. The number of hydrogen-bond acceptors (Lipinski definition) is 1. The third kappa shape index (κ3) is 8.50. The molecule has 0 heterocycles. The molecule has 0 saturated heterocycles. The van der Waals surface area contributed by atoms with E-state index in [0.717, 1.165) is 10.7 Å². The van der Waals surface area contributed by atoms with Crippen LogP contribution >= 0.6 is 11.8 Å². The van der Waals surface area contributed by atoms with Crippen molar-refractivity contribution in [1.29, 1.82) is 0 Å². The molecule has 0 spiro atoms. The minimum atomic E-state index is 0.801. The zero-order valence-electron chi connectivity index (χ0n) is 12.7. The van der Waals surface area contributed by atoms with Gasteiger partial charge in [-0.25, -0.2) is 0 Å². The molecular weight excluding hydrogens is 212 g/mol. The van der Waals surface area contributed by atoms with Crippen LogP contribution in [0.1, 0.15) is 80.1 Å². The van der Waals surface area contributed by atoms with E-state index >= 15 is 0 Å². The van der Waals surface area contributed by atoms with Gasteiger partial charge in [0.1, 0.15) is 0 Å². The van der Waals surface area contributed by atoms with Crippen LogP contribution in [-0.2, 0) is 0 Å². The van der Waals surface area contributed by atoms with Gasteiger partial charge >= 0.3 is 0 Å². The van der Waals surface area contributed by atoms with E-state index in [0.29, 0.717) is 0 Å². The van der Waals surface area contributed by atoms with Gasteiger partial charge in [-0.3, -0.25) is 0 Å². The van der Waals surface area contributed by atoms with Crippen molar-refractivity contribution in [2.75, 3.05) is 6.26 Å². The van der Waals surface area contributed by atoms with E-state index in [1.807, 2.05) is 25.6 Å². The summed E-state index contributed by atoms with van der Waals surface area (Å²) in [6.45, 7) is 13.0. The molecule has 0 aromatic carbocycles. The summed E-state index contributed by atoms with van der Waals surface area (Å²) < 4.78 is 0. The Morgan fingerprint density at radius 3 is 1.62 bits per heavy atom. The van der Waals surface area contributed by atoms with Crippen molar-refractivity contribution in [3.05, 3.63) is 0 Å². The summed E-state index contributed by atoms with van der Waals surface area (Å²) in [4.78, 5) is 0. The van der Waals surface area contributed by atoms with Gasteiger partial charge in [-0.1, -0.05) is 60.8 Å². The molecule has 1 aliphatic carbocycles. The standard InChI is InChI=1S/C9H18.C4H10S.C2H6/c1-3-6-9(4-2)7-5-8-9;1-4(2)5-3;1-2/h3-8H2,1-2H3;4H,1-3H3;1-2H3. The van der Waals surface area contributed by atoms with Crippen molar-refractivity contribution in [1.82, 2.24) is 0 Å². The van der Waals surface area contributed by atoms with Crippen molar-refractivity contribution in [3.63, 3.8) is 0 Å². The average Bonchev–Trinajstić information content (AvgIpc) is 2.27. The Kier molecular flexibility index (Phi) is 13.8. The Morgan fingerprint density at radius 1 is 1.12 bits per heavy atom. The summed E-state index contributed by atoms with van der Waals surface area (Å²) >= 11 is 1.88. The number of rotatable bonds is 4. The van der Waals surface area contributed by atoms with Crippen molar-refractivity contribution in [2.45, 2.75) is 85.3 Å². The highest BCUT2D eigenvalue weighted by Gasteiger charge is 2.33. The largest absolute Gasteiger partial charge is 0.163 e. The van der Waals surface area contributed by atoms with Gasteiger partial charge in [-0.2, -0.15) is 11.8 Å². The Hall–Kier alpha value is 0.350. The highest BCUT2D eigenvalue weighted by Crippen LogP contribution is 2.47. The summed E-state index contributed by atoms with van der Waals surface area (Å²) in [5, 5.41) is 0.801. The molecule has 1 rings (SSSR count). The monoisotopic (exact) mass is 246 g/mol. The van der Waals surface area contributed by atoms with E-state index < -0.39 is 0 Å². The Balaban J connectivity index is 0. The molecule has 0 amide bonds. The third-order valence-corrected chi connectivity index (χ3v) is 4.36. The predicted molar refractivity (Wildman–Crippen MR) is 81.5 cm³/mol. The van der Waals surface area contributed by atoms with E-state index in [1.165, 1.54) is 38.5 Å². The second-order valence-corrected chi connectivity index (χ2v) is 6.16. The van der Waals surface area contributed by atoms with Gasteiger partial charge in [0.25, 0.3) is 0 Å². The van der Waals surface area contributed by atoms with Crippen LogP contribution in [0.4, 0.5) is 0 Å². The van der Waals surface area contributed by atoms with Crippen LogP contribution in [0.25, 0.3) is 0 Å². The lowest BCUT2D eigenvalue weighted by molar-refractivity contribution is 0.112. The van der Waals surface area contributed by atoms with Crippen molar-refractivity contribution in [3.8, 4) is 0 Å². The molecule has 1 fully saturated rings. The summed E-state index contributed by atoms with van der Waals surface area (Å²) in [5.74, 6) is 0. The van der Waals surface area contributed by atoms with Crippen LogP contribution in [0.2, 0.25) is 0 Å². The SMILES string of the molecule is CC.CCCC1(CC)CCC1.CSC(C)C. The second-order valence-electron chi connectivity index (χ2n) is 4.74. The summed E-state index contributed by atoms with van der Waals surface area (Å²) in [7, 11) is 0. The van der Waals surface area contributed by atoms with Crippen LogP contribution in [0.3, 0.4) is 0 Å². The van der Waals surface area contributed by atoms with E-state index in [9.17, 15) is 0 Å². The van der Waals surface area contributed by atoms with Crippen LogP contribution in [0, 0.1) is 5.41 Å². The molecule has 1 saturated carbocycles. The smallest absolute Gasteiger partial charge is 0.00125 e. The van der Waals surface area contributed by atoms with Crippen molar-refractivity contribution < 1.29 is 0 Å². The van der Waals surface area contributed by atoms with Gasteiger partial charge in [0.15, 0.2) is 0 Å². The molecule has 0 aromatic heterocycles. The van der Waals surface area contributed by atoms with E-state index in [-0.39, 0.29) is 0 Å². The minimum Gasteiger partial charge on any atom is -0.163 e. The Morgan fingerprint density at radius 2 is 1.56 bits per heavy atom. The molecule has 0 radical (unpaired) electrons. The summed E-state index contributed by atoms with van der Waals surface area (Å²) in [6, 6.07) is 0. The van der Waals surface area contributed by atoms with E-state index in [4.69, 9.17) is 0 Å². The maximum absolute atomic E-state index is 2.34. The second kappa shape index (κ2) is 11.8. The first kappa shape index (κ1) is 18.7. The van der Waals surface area contributed by atoms with Gasteiger partial charge in [-0.05, 0) is 36.2 Å². The molecule has 0 aliphatic heterocycles. The quantitative estimate of drug-likeness (QED) is 0.573. The Labute approximate surface area is 109 Å². The number of thioether (sulfide) groups is 1. The van der Waals surface area contributed by atoms with Gasteiger partial charge in [0, 0.05) is 0 Å².